The molecule has 0 aliphatic rings. The van der Waals surface area contributed by atoms with Crippen molar-refractivity contribution in [3.05, 3.63) is 17.5 Å². The zero-order chi connectivity index (χ0) is 10.8. The molecule has 0 aliphatic carbocycles. The summed E-state index contributed by atoms with van der Waals surface area (Å²) in [5, 5.41) is 0.794. The normalized spacial score (nSPS) is 10.5. The van der Waals surface area contributed by atoms with Crippen LogP contribution in [0.1, 0.15) is 0 Å². The number of hydrogen-bond acceptors (Lipinski definition) is 6. The Morgan fingerprint density at radius 2 is 2.20 bits per heavy atom. The van der Waals surface area contributed by atoms with Gasteiger partial charge in [-0.1, -0.05) is 11.8 Å². The Labute approximate surface area is 95.1 Å². The van der Waals surface area contributed by atoms with E-state index < -0.39 is 0 Å². The first-order valence-electron chi connectivity index (χ1n) is 3.99. The van der Waals surface area contributed by atoms with Gasteiger partial charge in [0.15, 0.2) is 11.0 Å². The molecule has 2 N–H and O–H groups in total. The van der Waals surface area contributed by atoms with E-state index in [1.165, 1.54) is 18.0 Å². The Bertz CT molecular complexity index is 487. The van der Waals surface area contributed by atoms with Crippen LogP contribution in [0.3, 0.4) is 0 Å². The van der Waals surface area contributed by atoms with Crippen LogP contribution in [0.5, 0.6) is 0 Å². The van der Waals surface area contributed by atoms with Gasteiger partial charge in [0.2, 0.25) is 11.2 Å². The fourth-order valence-electron chi connectivity index (χ4n) is 1.04. The van der Waals surface area contributed by atoms with Gasteiger partial charge in [-0.2, -0.15) is 9.97 Å². The smallest absolute Gasteiger partial charge is 0.224 e. The fraction of sp³-hybridized carbons (Fsp3) is 0.125. The molecule has 5 nitrogen and oxygen atoms in total. The first-order chi connectivity index (χ1) is 7.20. The third kappa shape index (κ3) is 2.05. The van der Waals surface area contributed by atoms with Crippen LogP contribution in [0.4, 0.5) is 5.95 Å². The minimum absolute atomic E-state index is 0.168. The van der Waals surface area contributed by atoms with Gasteiger partial charge in [-0.25, -0.2) is 4.98 Å². The van der Waals surface area contributed by atoms with Crippen LogP contribution in [-0.4, -0.2) is 21.2 Å². The summed E-state index contributed by atoms with van der Waals surface area (Å²) in [7, 11) is 0. The lowest BCUT2D eigenvalue weighted by Gasteiger charge is -2.00. The molecule has 0 saturated carbocycles. The quantitative estimate of drug-likeness (QED) is 0.813. The lowest BCUT2D eigenvalue weighted by atomic mass is 10.3. The number of aromatic nitrogens is 3. The number of furan rings is 1. The molecule has 2 heterocycles. The highest BCUT2D eigenvalue weighted by Gasteiger charge is 2.11. The average Bonchev–Trinajstić information content (AvgIpc) is 2.63. The van der Waals surface area contributed by atoms with Crippen LogP contribution in [0.15, 0.2) is 21.9 Å². The second kappa shape index (κ2) is 4.08. The predicted molar refractivity (Wildman–Crippen MR) is 58.7 cm³/mol. The van der Waals surface area contributed by atoms with Crippen LogP contribution in [-0.2, 0) is 0 Å². The molecular formula is C8H7ClN4OS. The molecule has 0 saturated heterocycles. The maximum atomic E-state index is 5.81. The number of thioether (sulfide) groups is 1. The summed E-state index contributed by atoms with van der Waals surface area (Å²) in [5.41, 5.74) is 6.15. The number of halogens is 1. The maximum Gasteiger partial charge on any atom is 0.224 e. The molecular weight excluding hydrogens is 236 g/mol. The third-order valence-corrected chi connectivity index (χ3v) is 2.51. The zero-order valence-corrected chi connectivity index (χ0v) is 9.34. The van der Waals surface area contributed by atoms with E-state index >= 15 is 0 Å². The van der Waals surface area contributed by atoms with Gasteiger partial charge < -0.3 is 10.2 Å². The van der Waals surface area contributed by atoms with Gasteiger partial charge in [0.05, 0.1) is 11.8 Å². The summed E-state index contributed by atoms with van der Waals surface area (Å²) in [6, 6.07) is 1.68. The van der Waals surface area contributed by atoms with Crippen molar-refractivity contribution in [2.45, 2.75) is 5.16 Å². The van der Waals surface area contributed by atoms with Crippen molar-refractivity contribution in [3.63, 3.8) is 0 Å². The van der Waals surface area contributed by atoms with E-state index in [0.717, 1.165) is 0 Å². The summed E-state index contributed by atoms with van der Waals surface area (Å²) in [6.07, 6.45) is 3.33. The zero-order valence-electron chi connectivity index (χ0n) is 7.77. The van der Waals surface area contributed by atoms with E-state index in [-0.39, 0.29) is 11.2 Å². The molecule has 2 aromatic rings. The summed E-state index contributed by atoms with van der Waals surface area (Å²) < 4.78 is 4.95. The Balaban J connectivity index is 2.53. The van der Waals surface area contributed by atoms with E-state index in [2.05, 4.69) is 15.0 Å². The topological polar surface area (TPSA) is 77.8 Å². The molecule has 2 rings (SSSR count). The highest BCUT2D eigenvalue weighted by Crippen LogP contribution is 2.27. The number of nitrogen functional groups attached to an aromatic ring is 1. The second-order valence-electron chi connectivity index (χ2n) is 2.61. The molecule has 15 heavy (non-hydrogen) atoms. The molecule has 0 aromatic carbocycles. The number of hydrogen-bond donors (Lipinski definition) is 1. The molecule has 0 bridgehead atoms. The summed E-state index contributed by atoms with van der Waals surface area (Å²) >= 11 is 7.19. The predicted octanol–water partition coefficient (Wildman–Crippen LogP) is 2.09. The lowest BCUT2D eigenvalue weighted by molar-refractivity contribution is 0.570. The third-order valence-electron chi connectivity index (χ3n) is 1.67. The second-order valence-corrected chi connectivity index (χ2v) is 3.73. The first kappa shape index (κ1) is 10.3. The molecule has 7 heteroatoms. The molecule has 0 radical (unpaired) electrons. The van der Waals surface area contributed by atoms with Crippen molar-refractivity contribution in [1.82, 2.24) is 15.0 Å². The Morgan fingerprint density at radius 1 is 1.40 bits per heavy atom. The van der Waals surface area contributed by atoms with Crippen LogP contribution < -0.4 is 5.73 Å². The highest BCUT2D eigenvalue weighted by molar-refractivity contribution is 7.98. The Hall–Kier alpha value is -1.27. The summed E-state index contributed by atoms with van der Waals surface area (Å²) in [6.45, 7) is 0. The molecule has 0 aliphatic heterocycles. The Kier molecular flexibility index (Phi) is 2.79. The minimum Gasteiger partial charge on any atom is -0.452 e. The molecule has 0 unspecified atom stereocenters. The van der Waals surface area contributed by atoms with Gasteiger partial charge in [-0.15, -0.1) is 0 Å². The number of nitrogens with zero attached hydrogens (tertiary/aromatic N) is 3. The van der Waals surface area contributed by atoms with E-state index in [9.17, 15) is 0 Å². The summed E-state index contributed by atoms with van der Waals surface area (Å²) in [5.74, 6) is 0.590. The van der Waals surface area contributed by atoms with E-state index in [1.54, 1.807) is 6.07 Å². The van der Waals surface area contributed by atoms with Crippen molar-refractivity contribution in [2.24, 2.45) is 0 Å². The molecule has 78 valence electrons. The summed E-state index contributed by atoms with van der Waals surface area (Å²) in [4.78, 5) is 12.1. The average molecular weight is 243 g/mol. The monoisotopic (exact) mass is 242 g/mol. The van der Waals surface area contributed by atoms with Gasteiger partial charge in [0.1, 0.15) is 0 Å². The van der Waals surface area contributed by atoms with Crippen LogP contribution in [0.25, 0.3) is 11.4 Å². The number of rotatable bonds is 2. The molecule has 0 spiro atoms. The van der Waals surface area contributed by atoms with Crippen LogP contribution in [0.2, 0.25) is 5.22 Å². The van der Waals surface area contributed by atoms with Crippen molar-refractivity contribution >= 4 is 29.3 Å². The van der Waals surface area contributed by atoms with Gasteiger partial charge in [0, 0.05) is 0 Å². The fourth-order valence-corrected chi connectivity index (χ4v) is 1.60. The van der Waals surface area contributed by atoms with Crippen LogP contribution in [0, 0.1) is 0 Å². The largest absolute Gasteiger partial charge is 0.452 e. The van der Waals surface area contributed by atoms with E-state index in [1.807, 2.05) is 6.26 Å². The van der Waals surface area contributed by atoms with Crippen molar-refractivity contribution in [3.8, 4) is 11.4 Å². The molecule has 0 fully saturated rings. The SMILES string of the molecule is CSc1nc(N)nc(-c2ccoc2Cl)n1. The van der Waals surface area contributed by atoms with Gasteiger partial charge in [-0.05, 0) is 23.9 Å². The van der Waals surface area contributed by atoms with Crippen molar-refractivity contribution < 1.29 is 4.42 Å². The van der Waals surface area contributed by atoms with Crippen molar-refractivity contribution in [2.75, 3.05) is 12.0 Å². The standard InChI is InChI=1S/C8H7ClN4OS/c1-15-8-12-6(11-7(10)13-8)4-2-3-14-5(4)9/h2-3H,1H3,(H2,10,11,12,13). The number of anilines is 1. The van der Waals surface area contributed by atoms with Crippen molar-refractivity contribution in [1.29, 1.82) is 0 Å². The van der Waals surface area contributed by atoms with Crippen LogP contribution >= 0.6 is 23.4 Å². The van der Waals surface area contributed by atoms with E-state index in [0.29, 0.717) is 16.5 Å². The van der Waals surface area contributed by atoms with Gasteiger partial charge >= 0.3 is 0 Å². The first-order valence-corrected chi connectivity index (χ1v) is 5.60. The molecule has 0 amide bonds. The highest BCUT2D eigenvalue weighted by atomic mass is 35.5. The number of nitrogens with two attached hydrogens (primary N) is 1. The molecule has 0 atom stereocenters. The Morgan fingerprint density at radius 3 is 2.80 bits per heavy atom. The lowest BCUT2D eigenvalue weighted by Crippen LogP contribution is -2.00. The van der Waals surface area contributed by atoms with Gasteiger partial charge in [-0.3, -0.25) is 0 Å². The molecule has 2 aromatic heterocycles. The van der Waals surface area contributed by atoms with E-state index in [4.69, 9.17) is 21.8 Å². The maximum absolute atomic E-state index is 5.81. The minimum atomic E-state index is 0.168. The van der Waals surface area contributed by atoms with Gasteiger partial charge in [0.25, 0.3) is 0 Å².